The normalized spacial score (nSPS) is 18.2. The Bertz CT molecular complexity index is 339. The summed E-state index contributed by atoms with van der Waals surface area (Å²) in [6.45, 7) is 1.02. The Morgan fingerprint density at radius 3 is 2.31 bits per heavy atom. The van der Waals surface area contributed by atoms with Gasteiger partial charge in [-0.2, -0.15) is 0 Å². The monoisotopic (exact) mass is 219 g/mol. The maximum Gasteiger partial charge on any atom is 0.0375 e. The summed E-state index contributed by atoms with van der Waals surface area (Å²) in [7, 11) is 4.34. The van der Waals surface area contributed by atoms with Crippen molar-refractivity contribution in [1.29, 1.82) is 0 Å². The van der Waals surface area contributed by atoms with Crippen molar-refractivity contribution in [2.75, 3.05) is 31.7 Å². The van der Waals surface area contributed by atoms with E-state index in [-0.39, 0.29) is 0 Å². The molecule has 3 N–H and O–H groups in total. The van der Waals surface area contributed by atoms with Gasteiger partial charge in [0.15, 0.2) is 0 Å². The number of benzene rings is 1. The molecule has 1 aliphatic rings. The zero-order valence-electron chi connectivity index (χ0n) is 10.2. The first-order valence-corrected chi connectivity index (χ1v) is 5.89. The van der Waals surface area contributed by atoms with Gasteiger partial charge in [-0.05, 0) is 57.6 Å². The number of nitrogen functional groups attached to an aromatic ring is 1. The van der Waals surface area contributed by atoms with Gasteiger partial charge in [0.05, 0.1) is 0 Å². The number of nitrogens with two attached hydrogens (primary N) is 1. The summed E-state index contributed by atoms with van der Waals surface area (Å²) in [6, 6.07) is 7.95. The van der Waals surface area contributed by atoms with Crippen molar-refractivity contribution in [3.05, 3.63) is 24.3 Å². The number of rotatable bonds is 4. The number of nitrogens with zero attached hydrogens (tertiary/aromatic N) is 1. The maximum atomic E-state index is 5.66. The molecule has 0 amide bonds. The molecular weight excluding hydrogens is 198 g/mol. The molecule has 0 aliphatic heterocycles. The second-order valence-corrected chi connectivity index (χ2v) is 4.95. The van der Waals surface area contributed by atoms with Gasteiger partial charge in [-0.1, -0.05) is 0 Å². The van der Waals surface area contributed by atoms with E-state index in [2.05, 4.69) is 24.3 Å². The Hall–Kier alpha value is -1.22. The van der Waals surface area contributed by atoms with E-state index < -0.39 is 0 Å². The average Bonchev–Trinajstić information content (AvgIpc) is 2.18. The van der Waals surface area contributed by atoms with Crippen molar-refractivity contribution in [2.24, 2.45) is 0 Å². The summed E-state index contributed by atoms with van der Waals surface area (Å²) in [5, 5.41) is 3.50. The molecule has 0 radical (unpaired) electrons. The highest BCUT2D eigenvalue weighted by molar-refractivity contribution is 5.51. The second kappa shape index (κ2) is 4.34. The zero-order chi connectivity index (χ0) is 11.6. The Balaban J connectivity index is 1.93. The average molecular weight is 219 g/mol. The molecule has 0 aromatic heterocycles. The van der Waals surface area contributed by atoms with Crippen LogP contribution < -0.4 is 11.1 Å². The van der Waals surface area contributed by atoms with Crippen LogP contribution in [0.4, 0.5) is 11.4 Å². The van der Waals surface area contributed by atoms with Crippen LogP contribution in [0.3, 0.4) is 0 Å². The molecule has 1 aliphatic carbocycles. The van der Waals surface area contributed by atoms with E-state index in [1.165, 1.54) is 19.3 Å². The summed E-state index contributed by atoms with van der Waals surface area (Å²) in [6.07, 6.45) is 3.94. The number of nitrogens with one attached hydrogen (secondary N) is 1. The molecule has 0 saturated heterocycles. The summed E-state index contributed by atoms with van der Waals surface area (Å²) in [4.78, 5) is 2.35. The first kappa shape index (κ1) is 11.3. The van der Waals surface area contributed by atoms with E-state index in [0.717, 1.165) is 17.9 Å². The van der Waals surface area contributed by atoms with Crippen molar-refractivity contribution in [1.82, 2.24) is 4.90 Å². The topological polar surface area (TPSA) is 41.3 Å². The SMILES string of the molecule is CN(C)C1(CNc2ccc(N)cc2)CCC1. The van der Waals surface area contributed by atoms with Crippen LogP contribution in [0.25, 0.3) is 0 Å². The lowest BCUT2D eigenvalue weighted by molar-refractivity contribution is 0.0739. The van der Waals surface area contributed by atoms with Crippen LogP contribution in [0.1, 0.15) is 19.3 Å². The van der Waals surface area contributed by atoms with Crippen LogP contribution in [0, 0.1) is 0 Å². The molecule has 1 aromatic carbocycles. The van der Waals surface area contributed by atoms with Gasteiger partial charge in [-0.25, -0.2) is 0 Å². The molecule has 3 nitrogen and oxygen atoms in total. The molecule has 1 aromatic rings. The summed E-state index contributed by atoms with van der Waals surface area (Å²) >= 11 is 0. The number of likely N-dealkylation sites (N-methyl/N-ethyl adjacent to an activating group) is 1. The quantitative estimate of drug-likeness (QED) is 0.763. The first-order valence-electron chi connectivity index (χ1n) is 5.89. The van der Waals surface area contributed by atoms with Gasteiger partial charge in [0.2, 0.25) is 0 Å². The fourth-order valence-corrected chi connectivity index (χ4v) is 2.23. The molecule has 1 saturated carbocycles. The lowest BCUT2D eigenvalue weighted by Gasteiger charge is -2.47. The predicted octanol–water partition coefficient (Wildman–Crippen LogP) is 2.17. The standard InChI is InChI=1S/C13H21N3/c1-16(2)13(8-3-9-13)10-15-12-6-4-11(14)5-7-12/h4-7,15H,3,8-10,14H2,1-2H3. The molecule has 1 fully saturated rings. The van der Waals surface area contributed by atoms with Crippen LogP contribution in [0.15, 0.2) is 24.3 Å². The molecule has 0 spiro atoms. The Labute approximate surface area is 97.6 Å². The van der Waals surface area contributed by atoms with Gasteiger partial charge in [-0.3, -0.25) is 0 Å². The van der Waals surface area contributed by atoms with Gasteiger partial charge < -0.3 is 16.0 Å². The third-order valence-corrected chi connectivity index (χ3v) is 3.77. The van der Waals surface area contributed by atoms with E-state index in [1.54, 1.807) is 0 Å². The molecule has 2 rings (SSSR count). The Kier molecular flexibility index (Phi) is 3.06. The maximum absolute atomic E-state index is 5.66. The van der Waals surface area contributed by atoms with E-state index in [1.807, 2.05) is 24.3 Å². The van der Waals surface area contributed by atoms with E-state index in [4.69, 9.17) is 5.73 Å². The smallest absolute Gasteiger partial charge is 0.0375 e. The minimum atomic E-state index is 0.362. The molecule has 0 bridgehead atoms. The van der Waals surface area contributed by atoms with Gasteiger partial charge in [0, 0.05) is 23.5 Å². The Morgan fingerprint density at radius 2 is 1.88 bits per heavy atom. The second-order valence-electron chi connectivity index (χ2n) is 4.95. The van der Waals surface area contributed by atoms with E-state index in [9.17, 15) is 0 Å². The summed E-state index contributed by atoms with van der Waals surface area (Å²) in [5.41, 5.74) is 7.99. The summed E-state index contributed by atoms with van der Waals surface area (Å²) in [5.74, 6) is 0. The first-order chi connectivity index (χ1) is 7.62. The van der Waals surface area contributed by atoms with Crippen molar-refractivity contribution in [3.8, 4) is 0 Å². The lowest BCUT2D eigenvalue weighted by atomic mass is 9.75. The summed E-state index contributed by atoms with van der Waals surface area (Å²) < 4.78 is 0. The van der Waals surface area contributed by atoms with Crippen LogP contribution in [-0.4, -0.2) is 31.1 Å². The fraction of sp³-hybridized carbons (Fsp3) is 0.538. The molecule has 0 heterocycles. The highest BCUT2D eigenvalue weighted by Gasteiger charge is 2.38. The number of hydrogen-bond acceptors (Lipinski definition) is 3. The minimum absolute atomic E-state index is 0.362. The molecule has 3 heteroatoms. The van der Waals surface area contributed by atoms with E-state index in [0.29, 0.717) is 5.54 Å². The van der Waals surface area contributed by atoms with Gasteiger partial charge in [-0.15, -0.1) is 0 Å². The largest absolute Gasteiger partial charge is 0.399 e. The van der Waals surface area contributed by atoms with Crippen molar-refractivity contribution < 1.29 is 0 Å². The molecule has 16 heavy (non-hydrogen) atoms. The van der Waals surface area contributed by atoms with Crippen LogP contribution >= 0.6 is 0 Å². The highest BCUT2D eigenvalue weighted by Crippen LogP contribution is 2.36. The number of hydrogen-bond donors (Lipinski definition) is 2. The van der Waals surface area contributed by atoms with Gasteiger partial charge in [0.1, 0.15) is 0 Å². The molecule has 0 unspecified atom stereocenters. The third-order valence-electron chi connectivity index (χ3n) is 3.77. The molecule has 0 atom stereocenters. The number of anilines is 2. The van der Waals surface area contributed by atoms with Crippen molar-refractivity contribution in [2.45, 2.75) is 24.8 Å². The van der Waals surface area contributed by atoms with Crippen molar-refractivity contribution >= 4 is 11.4 Å². The van der Waals surface area contributed by atoms with E-state index >= 15 is 0 Å². The predicted molar refractivity (Wildman–Crippen MR) is 69.6 cm³/mol. The zero-order valence-corrected chi connectivity index (χ0v) is 10.2. The molecule has 88 valence electrons. The third kappa shape index (κ3) is 2.14. The van der Waals surface area contributed by atoms with Crippen molar-refractivity contribution in [3.63, 3.8) is 0 Å². The van der Waals surface area contributed by atoms with Crippen LogP contribution in [-0.2, 0) is 0 Å². The fourth-order valence-electron chi connectivity index (χ4n) is 2.23. The van der Waals surface area contributed by atoms with Crippen LogP contribution in [0.5, 0.6) is 0 Å². The van der Waals surface area contributed by atoms with Gasteiger partial charge in [0.25, 0.3) is 0 Å². The Morgan fingerprint density at radius 1 is 1.25 bits per heavy atom. The highest BCUT2D eigenvalue weighted by atomic mass is 15.2. The minimum Gasteiger partial charge on any atom is -0.399 e. The van der Waals surface area contributed by atoms with Gasteiger partial charge >= 0.3 is 0 Å². The molecular formula is C13H21N3. The lowest BCUT2D eigenvalue weighted by Crippen LogP contribution is -2.54. The van der Waals surface area contributed by atoms with Crippen LogP contribution in [0.2, 0.25) is 0 Å².